The zero-order valence-electron chi connectivity index (χ0n) is 12.2. The van der Waals surface area contributed by atoms with Gasteiger partial charge < -0.3 is 4.52 Å². The first-order chi connectivity index (χ1) is 9.96. The number of hydrogen-bond donors (Lipinski definition) is 1. The lowest BCUT2D eigenvalue weighted by Crippen LogP contribution is -2.27. The standard InChI is InChI=1S/C15H20N2O3S/c1-12(14-6-4-3-5-7-14)8-9-16-21(18,19)11-15-10-13(2)20-17-15/h3-7,10,12,16H,8-9,11H2,1-2H3. The molecule has 0 fully saturated rings. The van der Waals surface area contributed by atoms with Gasteiger partial charge in [0.25, 0.3) is 0 Å². The van der Waals surface area contributed by atoms with Gasteiger partial charge in [0.1, 0.15) is 17.2 Å². The topological polar surface area (TPSA) is 72.2 Å². The molecule has 1 N–H and O–H groups in total. The van der Waals surface area contributed by atoms with E-state index in [1.807, 2.05) is 18.2 Å². The smallest absolute Gasteiger partial charge is 0.217 e. The molecule has 1 atom stereocenters. The van der Waals surface area contributed by atoms with E-state index in [1.54, 1.807) is 13.0 Å². The molecule has 2 rings (SSSR count). The highest BCUT2D eigenvalue weighted by atomic mass is 32.2. The minimum Gasteiger partial charge on any atom is -0.361 e. The van der Waals surface area contributed by atoms with E-state index < -0.39 is 10.0 Å². The Hall–Kier alpha value is -1.66. The van der Waals surface area contributed by atoms with E-state index in [0.29, 0.717) is 23.9 Å². The molecule has 1 aromatic heterocycles. The van der Waals surface area contributed by atoms with Gasteiger partial charge in [0.2, 0.25) is 10.0 Å². The monoisotopic (exact) mass is 308 g/mol. The summed E-state index contributed by atoms with van der Waals surface area (Å²) >= 11 is 0. The van der Waals surface area contributed by atoms with Crippen LogP contribution in [0.5, 0.6) is 0 Å². The summed E-state index contributed by atoms with van der Waals surface area (Å²) in [6.45, 7) is 4.23. The lowest BCUT2D eigenvalue weighted by atomic mass is 9.98. The number of aryl methyl sites for hydroxylation is 1. The molecule has 1 heterocycles. The summed E-state index contributed by atoms with van der Waals surface area (Å²) in [4.78, 5) is 0. The quantitative estimate of drug-likeness (QED) is 0.853. The Labute approximate surface area is 125 Å². The SMILES string of the molecule is Cc1cc(CS(=O)(=O)NCCC(C)c2ccccc2)no1. The molecule has 2 aromatic rings. The Kier molecular flexibility index (Phi) is 5.14. The molecule has 6 heteroatoms. The molecule has 1 aromatic carbocycles. The van der Waals surface area contributed by atoms with Crippen LogP contribution in [-0.2, 0) is 15.8 Å². The highest BCUT2D eigenvalue weighted by Crippen LogP contribution is 2.17. The molecule has 0 saturated carbocycles. The molecule has 5 nitrogen and oxygen atoms in total. The van der Waals surface area contributed by atoms with E-state index in [-0.39, 0.29) is 5.75 Å². The number of hydrogen-bond acceptors (Lipinski definition) is 4. The van der Waals surface area contributed by atoms with Gasteiger partial charge in [-0.15, -0.1) is 0 Å². The van der Waals surface area contributed by atoms with Crippen molar-refractivity contribution in [2.45, 2.75) is 31.9 Å². The molecule has 0 saturated heterocycles. The minimum atomic E-state index is -3.37. The number of benzene rings is 1. The number of nitrogens with one attached hydrogen (secondary N) is 1. The number of rotatable bonds is 7. The predicted molar refractivity (Wildman–Crippen MR) is 81.3 cm³/mol. The Morgan fingerprint density at radius 2 is 2.00 bits per heavy atom. The van der Waals surface area contributed by atoms with Crippen LogP contribution in [0.2, 0.25) is 0 Å². The van der Waals surface area contributed by atoms with Gasteiger partial charge in [0.05, 0.1) is 0 Å². The van der Waals surface area contributed by atoms with Crippen molar-refractivity contribution in [2.24, 2.45) is 0 Å². The van der Waals surface area contributed by atoms with Crippen molar-refractivity contribution in [3.63, 3.8) is 0 Å². The fraction of sp³-hybridized carbons (Fsp3) is 0.400. The van der Waals surface area contributed by atoms with Crippen LogP contribution in [0.15, 0.2) is 40.9 Å². The van der Waals surface area contributed by atoms with E-state index in [9.17, 15) is 8.42 Å². The minimum absolute atomic E-state index is 0.149. The van der Waals surface area contributed by atoms with Crippen LogP contribution in [0.1, 0.15) is 36.3 Å². The van der Waals surface area contributed by atoms with Gasteiger partial charge in [0.15, 0.2) is 0 Å². The van der Waals surface area contributed by atoms with E-state index in [4.69, 9.17) is 4.52 Å². The van der Waals surface area contributed by atoms with Crippen LogP contribution in [0, 0.1) is 6.92 Å². The predicted octanol–water partition coefficient (Wildman–Crippen LogP) is 2.60. The molecule has 0 spiro atoms. The molecule has 0 aliphatic rings. The average Bonchev–Trinajstić information content (AvgIpc) is 2.84. The molecule has 0 radical (unpaired) electrons. The zero-order valence-corrected chi connectivity index (χ0v) is 13.1. The second-order valence-electron chi connectivity index (χ2n) is 5.18. The summed E-state index contributed by atoms with van der Waals surface area (Å²) in [5.74, 6) is 0.769. The van der Waals surface area contributed by atoms with Crippen molar-refractivity contribution in [3.8, 4) is 0 Å². The van der Waals surface area contributed by atoms with Crippen molar-refractivity contribution >= 4 is 10.0 Å². The van der Waals surface area contributed by atoms with E-state index in [0.717, 1.165) is 6.42 Å². The fourth-order valence-corrected chi connectivity index (χ4v) is 3.17. The Morgan fingerprint density at radius 3 is 2.62 bits per heavy atom. The van der Waals surface area contributed by atoms with Gasteiger partial charge in [0, 0.05) is 12.6 Å². The van der Waals surface area contributed by atoms with E-state index in [2.05, 4.69) is 28.9 Å². The Morgan fingerprint density at radius 1 is 1.29 bits per heavy atom. The summed E-state index contributed by atoms with van der Waals surface area (Å²) in [6, 6.07) is 11.7. The van der Waals surface area contributed by atoms with Crippen molar-refractivity contribution in [1.29, 1.82) is 0 Å². The highest BCUT2D eigenvalue weighted by molar-refractivity contribution is 7.88. The number of aromatic nitrogens is 1. The van der Waals surface area contributed by atoms with Crippen molar-refractivity contribution in [1.82, 2.24) is 9.88 Å². The molecular weight excluding hydrogens is 288 g/mol. The summed E-state index contributed by atoms with van der Waals surface area (Å²) in [5, 5.41) is 3.70. The third-order valence-corrected chi connectivity index (χ3v) is 4.60. The van der Waals surface area contributed by atoms with Crippen molar-refractivity contribution in [2.75, 3.05) is 6.54 Å². The highest BCUT2D eigenvalue weighted by Gasteiger charge is 2.15. The summed E-state index contributed by atoms with van der Waals surface area (Å²) in [6.07, 6.45) is 0.751. The van der Waals surface area contributed by atoms with Crippen LogP contribution in [0.25, 0.3) is 0 Å². The average molecular weight is 308 g/mol. The molecule has 0 aliphatic carbocycles. The molecule has 0 aliphatic heterocycles. The molecule has 21 heavy (non-hydrogen) atoms. The second-order valence-corrected chi connectivity index (χ2v) is 6.99. The normalized spacial score (nSPS) is 13.2. The van der Waals surface area contributed by atoms with Gasteiger partial charge in [-0.2, -0.15) is 0 Å². The van der Waals surface area contributed by atoms with E-state index >= 15 is 0 Å². The summed E-state index contributed by atoms with van der Waals surface area (Å²) in [5.41, 5.74) is 1.64. The first-order valence-electron chi connectivity index (χ1n) is 6.91. The number of sulfonamides is 1. The maximum Gasteiger partial charge on any atom is 0.217 e. The molecule has 1 unspecified atom stereocenters. The number of nitrogens with zero attached hydrogens (tertiary/aromatic N) is 1. The Balaban J connectivity index is 1.82. The lowest BCUT2D eigenvalue weighted by molar-refractivity contribution is 0.392. The summed E-state index contributed by atoms with van der Waals surface area (Å²) in [7, 11) is -3.37. The fourth-order valence-electron chi connectivity index (χ4n) is 2.11. The van der Waals surface area contributed by atoms with Crippen LogP contribution >= 0.6 is 0 Å². The van der Waals surface area contributed by atoms with Crippen LogP contribution in [0.3, 0.4) is 0 Å². The maximum atomic E-state index is 11.9. The largest absolute Gasteiger partial charge is 0.361 e. The first kappa shape index (κ1) is 15.7. The van der Waals surface area contributed by atoms with Gasteiger partial charge in [-0.25, -0.2) is 13.1 Å². The van der Waals surface area contributed by atoms with Crippen LogP contribution in [0.4, 0.5) is 0 Å². The molecule has 0 bridgehead atoms. The summed E-state index contributed by atoms with van der Waals surface area (Å²) < 4.78 is 31.3. The third-order valence-electron chi connectivity index (χ3n) is 3.28. The molecule has 114 valence electrons. The maximum absolute atomic E-state index is 11.9. The van der Waals surface area contributed by atoms with Crippen molar-refractivity contribution < 1.29 is 12.9 Å². The van der Waals surface area contributed by atoms with Crippen molar-refractivity contribution in [3.05, 3.63) is 53.4 Å². The first-order valence-corrected chi connectivity index (χ1v) is 8.56. The van der Waals surface area contributed by atoms with Gasteiger partial charge in [-0.1, -0.05) is 42.4 Å². The van der Waals surface area contributed by atoms with Gasteiger partial charge >= 0.3 is 0 Å². The van der Waals surface area contributed by atoms with Gasteiger partial charge in [-0.05, 0) is 24.8 Å². The third kappa shape index (κ3) is 4.99. The molecule has 0 amide bonds. The van der Waals surface area contributed by atoms with Crippen LogP contribution < -0.4 is 4.72 Å². The Bertz CT molecular complexity index is 665. The second kappa shape index (κ2) is 6.87. The zero-order chi connectivity index (χ0) is 15.3. The van der Waals surface area contributed by atoms with Crippen LogP contribution in [-0.4, -0.2) is 20.1 Å². The lowest BCUT2D eigenvalue weighted by Gasteiger charge is -2.12. The van der Waals surface area contributed by atoms with Gasteiger partial charge in [-0.3, -0.25) is 0 Å². The molecular formula is C15H20N2O3S. The van der Waals surface area contributed by atoms with E-state index in [1.165, 1.54) is 5.56 Å².